The number of hydrogen-bond acceptors (Lipinski definition) is 6. The van der Waals surface area contributed by atoms with Crippen LogP contribution in [0.5, 0.6) is 5.75 Å². The van der Waals surface area contributed by atoms with Crippen LogP contribution in [0.3, 0.4) is 0 Å². The Morgan fingerprint density at radius 3 is 2.75 bits per heavy atom. The van der Waals surface area contributed by atoms with E-state index in [-0.39, 0.29) is 15.7 Å². The minimum Gasteiger partial charge on any atom is -0.377 e. The first-order valence-corrected chi connectivity index (χ1v) is 8.54. The first-order chi connectivity index (χ1) is 11.3. The second-order valence-corrected chi connectivity index (χ2v) is 7.00. The Labute approximate surface area is 143 Å². The average molecular weight is 363 g/mol. The van der Waals surface area contributed by atoms with Crippen LogP contribution in [0.15, 0.2) is 35.4 Å². The topological polar surface area (TPSA) is 97.9 Å². The lowest BCUT2D eigenvalue weighted by molar-refractivity contribution is 0.486. The Kier molecular flexibility index (Phi) is 3.91. The van der Waals surface area contributed by atoms with Crippen molar-refractivity contribution in [3.8, 4) is 11.8 Å². The third-order valence-corrected chi connectivity index (χ3v) is 4.88. The highest BCUT2D eigenvalue weighted by atomic mass is 35.5. The molecular formula is C15H11ClN4O3S. The summed E-state index contributed by atoms with van der Waals surface area (Å²) in [5.74, 6) is -0.0568. The number of pyridine rings is 1. The Bertz CT molecular complexity index is 1100. The van der Waals surface area contributed by atoms with Gasteiger partial charge < -0.3 is 4.18 Å². The summed E-state index contributed by atoms with van der Waals surface area (Å²) in [4.78, 5) is 4.02. The van der Waals surface area contributed by atoms with Crippen molar-refractivity contribution in [1.29, 1.82) is 5.26 Å². The molecule has 0 aliphatic heterocycles. The van der Waals surface area contributed by atoms with Crippen LogP contribution >= 0.6 is 11.6 Å². The number of benzene rings is 1. The van der Waals surface area contributed by atoms with Gasteiger partial charge in [0, 0.05) is 12.4 Å². The van der Waals surface area contributed by atoms with E-state index in [0.29, 0.717) is 22.3 Å². The molecule has 0 atom stereocenters. The maximum Gasteiger partial charge on any atom is 0.340 e. The number of aryl methyl sites for hydroxylation is 2. The van der Waals surface area contributed by atoms with Gasteiger partial charge in [-0.3, -0.25) is 4.68 Å². The van der Waals surface area contributed by atoms with Gasteiger partial charge in [-0.1, -0.05) is 11.6 Å². The number of aromatic nitrogens is 3. The van der Waals surface area contributed by atoms with Gasteiger partial charge in [0.1, 0.15) is 4.90 Å². The summed E-state index contributed by atoms with van der Waals surface area (Å²) in [7, 11) is -2.40. The van der Waals surface area contributed by atoms with Crippen LogP contribution in [0.2, 0.25) is 5.02 Å². The Morgan fingerprint density at radius 1 is 1.33 bits per heavy atom. The van der Waals surface area contributed by atoms with Gasteiger partial charge in [0.2, 0.25) is 0 Å². The van der Waals surface area contributed by atoms with Crippen molar-refractivity contribution < 1.29 is 12.6 Å². The highest BCUT2D eigenvalue weighted by molar-refractivity contribution is 7.87. The predicted molar refractivity (Wildman–Crippen MR) is 87.2 cm³/mol. The molecule has 9 heteroatoms. The first kappa shape index (κ1) is 16.2. The van der Waals surface area contributed by atoms with Gasteiger partial charge in [0.05, 0.1) is 28.5 Å². The zero-order valence-corrected chi connectivity index (χ0v) is 14.3. The molecule has 122 valence electrons. The van der Waals surface area contributed by atoms with E-state index in [4.69, 9.17) is 21.0 Å². The molecule has 0 spiro atoms. The maximum atomic E-state index is 12.5. The Morgan fingerprint density at radius 2 is 2.08 bits per heavy atom. The van der Waals surface area contributed by atoms with Crippen molar-refractivity contribution in [2.24, 2.45) is 7.05 Å². The minimum atomic E-state index is -4.12. The lowest BCUT2D eigenvalue weighted by Crippen LogP contribution is -2.10. The highest BCUT2D eigenvalue weighted by Gasteiger charge is 2.21. The van der Waals surface area contributed by atoms with Crippen molar-refractivity contribution in [3.05, 3.63) is 46.7 Å². The molecule has 0 aliphatic rings. The van der Waals surface area contributed by atoms with Crippen LogP contribution in [0.25, 0.3) is 11.0 Å². The molecule has 0 fully saturated rings. The molecule has 0 unspecified atom stereocenters. The molecule has 3 aromatic rings. The van der Waals surface area contributed by atoms with Gasteiger partial charge in [-0.15, -0.1) is 0 Å². The summed E-state index contributed by atoms with van der Waals surface area (Å²) in [5.41, 5.74) is 1.54. The fourth-order valence-electron chi connectivity index (χ4n) is 2.23. The van der Waals surface area contributed by atoms with Crippen LogP contribution in [0, 0.1) is 18.3 Å². The molecule has 0 radical (unpaired) electrons. The van der Waals surface area contributed by atoms with Crippen LogP contribution in [0.4, 0.5) is 0 Å². The van der Waals surface area contributed by atoms with Crippen molar-refractivity contribution >= 4 is 32.8 Å². The van der Waals surface area contributed by atoms with Gasteiger partial charge >= 0.3 is 10.1 Å². The molecular weight excluding hydrogens is 352 g/mol. The second kappa shape index (κ2) is 5.78. The molecule has 2 heterocycles. The first-order valence-electron chi connectivity index (χ1n) is 6.75. The maximum absolute atomic E-state index is 12.5. The number of nitriles is 1. The molecule has 3 rings (SSSR count). The highest BCUT2D eigenvalue weighted by Crippen LogP contribution is 2.29. The molecule has 24 heavy (non-hydrogen) atoms. The summed E-state index contributed by atoms with van der Waals surface area (Å²) < 4.78 is 31.6. The van der Waals surface area contributed by atoms with Crippen molar-refractivity contribution in [2.45, 2.75) is 11.8 Å². The smallest absolute Gasteiger partial charge is 0.340 e. The van der Waals surface area contributed by atoms with Crippen LogP contribution < -0.4 is 4.18 Å². The van der Waals surface area contributed by atoms with E-state index in [1.807, 2.05) is 6.07 Å². The summed E-state index contributed by atoms with van der Waals surface area (Å²) in [6.45, 7) is 1.76. The minimum absolute atomic E-state index is 0.0317. The Balaban J connectivity index is 2.02. The normalized spacial score (nSPS) is 11.4. The second-order valence-electron chi connectivity index (χ2n) is 5.05. The monoisotopic (exact) mass is 362 g/mol. The molecule has 1 aromatic carbocycles. The molecule has 0 saturated carbocycles. The SMILES string of the molecule is Cc1nn(C)c2ncc(S(=O)(=O)Oc3ccc(C#N)cc3Cl)cc12. The summed E-state index contributed by atoms with van der Waals surface area (Å²) >= 11 is 5.96. The number of rotatable bonds is 3. The van der Waals surface area contributed by atoms with Gasteiger partial charge in [0.15, 0.2) is 11.4 Å². The number of hydrogen-bond donors (Lipinski definition) is 0. The van der Waals surface area contributed by atoms with Crippen molar-refractivity contribution in [3.63, 3.8) is 0 Å². The van der Waals surface area contributed by atoms with E-state index < -0.39 is 10.1 Å². The fourth-order valence-corrected chi connectivity index (χ4v) is 3.42. The number of halogens is 1. The lowest BCUT2D eigenvalue weighted by atomic mass is 10.2. The quantitative estimate of drug-likeness (QED) is 0.664. The standard InChI is InChI=1S/C15H11ClN4O3S/c1-9-12-6-11(8-18-15(12)20(2)19-9)24(21,22)23-14-4-3-10(7-17)5-13(14)16/h3-6,8H,1-2H3. The van der Waals surface area contributed by atoms with Gasteiger partial charge in [-0.25, -0.2) is 4.98 Å². The van der Waals surface area contributed by atoms with E-state index in [9.17, 15) is 8.42 Å². The third kappa shape index (κ3) is 2.79. The predicted octanol–water partition coefficient (Wildman–Crippen LogP) is 2.57. The van der Waals surface area contributed by atoms with Crippen LogP contribution in [-0.2, 0) is 17.2 Å². The zero-order valence-electron chi connectivity index (χ0n) is 12.7. The van der Waals surface area contributed by atoms with Gasteiger partial charge in [-0.2, -0.15) is 18.8 Å². The third-order valence-electron chi connectivity index (χ3n) is 3.39. The summed E-state index contributed by atoms with van der Waals surface area (Å²) in [6, 6.07) is 7.45. The van der Waals surface area contributed by atoms with E-state index in [2.05, 4.69) is 10.1 Å². The van der Waals surface area contributed by atoms with Gasteiger partial charge in [0.25, 0.3) is 0 Å². The molecule has 2 aromatic heterocycles. The lowest BCUT2D eigenvalue weighted by Gasteiger charge is -2.08. The zero-order chi connectivity index (χ0) is 17.5. The van der Waals surface area contributed by atoms with Crippen LogP contribution in [-0.4, -0.2) is 23.2 Å². The summed E-state index contributed by atoms with van der Waals surface area (Å²) in [6.07, 6.45) is 1.20. The molecule has 0 aliphatic carbocycles. The van der Waals surface area contributed by atoms with E-state index in [1.165, 1.54) is 30.5 Å². The number of fused-ring (bicyclic) bond motifs is 1. The molecule has 0 bridgehead atoms. The van der Waals surface area contributed by atoms with E-state index >= 15 is 0 Å². The van der Waals surface area contributed by atoms with E-state index in [1.54, 1.807) is 18.7 Å². The Hall–Kier alpha value is -2.63. The molecule has 0 N–H and O–H groups in total. The largest absolute Gasteiger partial charge is 0.377 e. The number of nitrogens with zero attached hydrogens (tertiary/aromatic N) is 4. The van der Waals surface area contributed by atoms with E-state index in [0.717, 1.165) is 0 Å². The average Bonchev–Trinajstić information content (AvgIpc) is 2.83. The summed E-state index contributed by atoms with van der Waals surface area (Å²) in [5, 5.41) is 13.7. The van der Waals surface area contributed by atoms with Crippen molar-refractivity contribution in [2.75, 3.05) is 0 Å². The van der Waals surface area contributed by atoms with Crippen molar-refractivity contribution in [1.82, 2.24) is 14.8 Å². The van der Waals surface area contributed by atoms with Crippen LogP contribution in [0.1, 0.15) is 11.3 Å². The van der Waals surface area contributed by atoms with Gasteiger partial charge in [-0.05, 0) is 31.2 Å². The molecule has 0 saturated heterocycles. The molecule has 7 nitrogen and oxygen atoms in total. The fraction of sp³-hybridized carbons (Fsp3) is 0.133. The molecule has 0 amide bonds.